The summed E-state index contributed by atoms with van der Waals surface area (Å²) < 4.78 is 5.95. The minimum absolute atomic E-state index is 0.0843. The molecule has 0 saturated heterocycles. The van der Waals surface area contributed by atoms with Gasteiger partial charge in [0.1, 0.15) is 0 Å². The molecule has 92 valence electrons. The minimum Gasteiger partial charge on any atom is -0.381 e. The van der Waals surface area contributed by atoms with E-state index in [0.29, 0.717) is 10.6 Å². The largest absolute Gasteiger partial charge is 0.381 e. The van der Waals surface area contributed by atoms with Gasteiger partial charge in [-0.2, -0.15) is 0 Å². The van der Waals surface area contributed by atoms with Gasteiger partial charge < -0.3 is 10.1 Å². The van der Waals surface area contributed by atoms with Crippen molar-refractivity contribution in [2.75, 3.05) is 7.11 Å². The first-order valence-electron chi connectivity index (χ1n) is 5.39. The predicted molar refractivity (Wildman–Crippen MR) is 70.4 cm³/mol. The molecule has 0 atom stereocenters. The number of rotatable bonds is 3. The lowest BCUT2D eigenvalue weighted by Crippen LogP contribution is -2.47. The summed E-state index contributed by atoms with van der Waals surface area (Å²) in [4.78, 5) is 11.9. The number of carbonyl (C=O) groups is 1. The zero-order valence-corrected chi connectivity index (χ0v) is 11.7. The maximum atomic E-state index is 11.9. The second-order valence-electron chi connectivity index (χ2n) is 4.13. The zero-order valence-electron chi connectivity index (χ0n) is 9.37. The highest BCUT2D eigenvalue weighted by molar-refractivity contribution is 9.10. The molecule has 2 rings (SSSR count). The number of methoxy groups -OCH3 is 1. The molecule has 17 heavy (non-hydrogen) atoms. The van der Waals surface area contributed by atoms with Crippen LogP contribution in [0.4, 0.5) is 0 Å². The van der Waals surface area contributed by atoms with E-state index in [4.69, 9.17) is 16.3 Å². The van der Waals surface area contributed by atoms with E-state index in [1.54, 1.807) is 25.3 Å². The molecule has 1 saturated carbocycles. The summed E-state index contributed by atoms with van der Waals surface area (Å²) in [7, 11) is 1.69. The predicted octanol–water partition coefficient (Wildman–Crippen LogP) is 3.01. The second-order valence-corrected chi connectivity index (χ2v) is 5.39. The normalized spacial score (nSPS) is 23.0. The van der Waals surface area contributed by atoms with Gasteiger partial charge in [-0.25, -0.2) is 0 Å². The maximum absolute atomic E-state index is 11.9. The molecule has 1 aromatic carbocycles. The van der Waals surface area contributed by atoms with Crippen molar-refractivity contribution < 1.29 is 9.53 Å². The third kappa shape index (κ3) is 3.00. The van der Waals surface area contributed by atoms with E-state index in [0.717, 1.165) is 17.3 Å². The fourth-order valence-electron chi connectivity index (χ4n) is 1.78. The van der Waals surface area contributed by atoms with Crippen molar-refractivity contribution in [2.45, 2.75) is 25.0 Å². The van der Waals surface area contributed by atoms with E-state index in [1.807, 2.05) is 0 Å². The van der Waals surface area contributed by atoms with Crippen molar-refractivity contribution in [1.29, 1.82) is 0 Å². The number of benzene rings is 1. The van der Waals surface area contributed by atoms with Gasteiger partial charge in [0, 0.05) is 23.2 Å². The van der Waals surface area contributed by atoms with Crippen LogP contribution in [0.5, 0.6) is 0 Å². The van der Waals surface area contributed by atoms with E-state index in [2.05, 4.69) is 21.2 Å². The number of hydrogen-bond donors (Lipinski definition) is 1. The van der Waals surface area contributed by atoms with E-state index < -0.39 is 0 Å². The zero-order chi connectivity index (χ0) is 12.4. The summed E-state index contributed by atoms with van der Waals surface area (Å²) in [6.45, 7) is 0. The molecule has 5 heteroatoms. The third-order valence-electron chi connectivity index (χ3n) is 2.95. The molecule has 1 aromatic rings. The van der Waals surface area contributed by atoms with Crippen LogP contribution in [0.2, 0.25) is 5.02 Å². The Morgan fingerprint density at radius 1 is 1.53 bits per heavy atom. The van der Waals surface area contributed by atoms with Gasteiger partial charge in [0.25, 0.3) is 5.91 Å². The summed E-state index contributed by atoms with van der Waals surface area (Å²) in [6, 6.07) is 5.40. The van der Waals surface area contributed by atoms with Crippen LogP contribution >= 0.6 is 27.5 Å². The lowest BCUT2D eigenvalue weighted by molar-refractivity contribution is 0.0176. The molecule has 1 amide bonds. The van der Waals surface area contributed by atoms with Crippen molar-refractivity contribution in [1.82, 2.24) is 5.32 Å². The number of ether oxygens (including phenoxy) is 1. The summed E-state index contributed by atoms with van der Waals surface area (Å²) >= 11 is 9.23. The number of carbonyl (C=O) groups excluding carboxylic acids is 1. The highest BCUT2D eigenvalue weighted by Gasteiger charge is 2.30. The van der Waals surface area contributed by atoms with Crippen LogP contribution in [0, 0.1) is 0 Å². The van der Waals surface area contributed by atoms with Crippen LogP contribution in [0.15, 0.2) is 22.7 Å². The number of amides is 1. The van der Waals surface area contributed by atoms with Crippen molar-refractivity contribution in [3.63, 3.8) is 0 Å². The van der Waals surface area contributed by atoms with Gasteiger partial charge in [-0.3, -0.25) is 4.79 Å². The molecule has 0 aliphatic heterocycles. The van der Waals surface area contributed by atoms with E-state index in [-0.39, 0.29) is 18.1 Å². The molecular weight excluding hydrogens is 305 g/mol. The van der Waals surface area contributed by atoms with Crippen LogP contribution < -0.4 is 5.32 Å². The summed E-state index contributed by atoms with van der Waals surface area (Å²) in [5.41, 5.74) is 0.582. The molecule has 1 aliphatic rings. The van der Waals surface area contributed by atoms with Crippen LogP contribution in [-0.4, -0.2) is 25.2 Å². The van der Waals surface area contributed by atoms with E-state index >= 15 is 0 Å². The van der Waals surface area contributed by atoms with Crippen LogP contribution in [0.25, 0.3) is 0 Å². The molecule has 0 bridgehead atoms. The van der Waals surface area contributed by atoms with Crippen LogP contribution in [0.3, 0.4) is 0 Å². The molecular formula is C12H13BrClNO2. The molecule has 0 unspecified atom stereocenters. The summed E-state index contributed by atoms with van der Waals surface area (Å²) in [5, 5.41) is 3.49. The molecule has 0 radical (unpaired) electrons. The average Bonchev–Trinajstić information content (AvgIpc) is 2.26. The first-order valence-corrected chi connectivity index (χ1v) is 6.56. The lowest BCUT2D eigenvalue weighted by atomic mass is 9.89. The number of hydrogen-bond acceptors (Lipinski definition) is 2. The van der Waals surface area contributed by atoms with Gasteiger partial charge in [0.2, 0.25) is 0 Å². The van der Waals surface area contributed by atoms with Crippen molar-refractivity contribution in [2.24, 2.45) is 0 Å². The molecule has 1 N–H and O–H groups in total. The van der Waals surface area contributed by atoms with Gasteiger partial charge in [-0.05, 0) is 47.0 Å². The summed E-state index contributed by atoms with van der Waals surface area (Å²) in [5.74, 6) is -0.0843. The van der Waals surface area contributed by atoms with Crippen molar-refractivity contribution in [3.8, 4) is 0 Å². The molecule has 1 fully saturated rings. The minimum atomic E-state index is -0.0843. The standard InChI is InChI=1S/C12H13BrClNO2/c1-17-9-5-8(6-9)15-12(16)7-2-3-10(13)11(14)4-7/h2-4,8-9H,5-6H2,1H3,(H,15,16). The SMILES string of the molecule is COC1CC(NC(=O)c2ccc(Br)c(Cl)c2)C1. The molecule has 0 spiro atoms. The highest BCUT2D eigenvalue weighted by Crippen LogP contribution is 2.25. The fraction of sp³-hybridized carbons (Fsp3) is 0.417. The molecule has 0 aromatic heterocycles. The monoisotopic (exact) mass is 317 g/mol. The molecule has 1 aliphatic carbocycles. The second kappa shape index (κ2) is 5.38. The Morgan fingerprint density at radius 3 is 2.82 bits per heavy atom. The van der Waals surface area contributed by atoms with Gasteiger partial charge in [-0.15, -0.1) is 0 Å². The topological polar surface area (TPSA) is 38.3 Å². The summed E-state index contributed by atoms with van der Waals surface area (Å²) in [6.07, 6.45) is 2.05. The van der Waals surface area contributed by atoms with Crippen LogP contribution in [-0.2, 0) is 4.74 Å². The Labute approximate surface area is 114 Å². The fourth-order valence-corrected chi connectivity index (χ4v) is 2.21. The van der Waals surface area contributed by atoms with E-state index in [9.17, 15) is 4.79 Å². The maximum Gasteiger partial charge on any atom is 0.251 e. The Morgan fingerprint density at radius 2 is 2.24 bits per heavy atom. The Hall–Kier alpha value is -0.580. The third-order valence-corrected chi connectivity index (χ3v) is 4.18. The average molecular weight is 319 g/mol. The number of nitrogens with one attached hydrogen (secondary N) is 1. The highest BCUT2D eigenvalue weighted by atomic mass is 79.9. The molecule has 0 heterocycles. The molecule has 3 nitrogen and oxygen atoms in total. The Kier molecular flexibility index (Phi) is 4.07. The Bertz CT molecular complexity index is 433. The van der Waals surface area contributed by atoms with Gasteiger partial charge in [0.15, 0.2) is 0 Å². The van der Waals surface area contributed by atoms with Gasteiger partial charge in [0.05, 0.1) is 11.1 Å². The lowest BCUT2D eigenvalue weighted by Gasteiger charge is -2.34. The van der Waals surface area contributed by atoms with Crippen molar-refractivity contribution in [3.05, 3.63) is 33.3 Å². The van der Waals surface area contributed by atoms with E-state index in [1.165, 1.54) is 0 Å². The van der Waals surface area contributed by atoms with Gasteiger partial charge >= 0.3 is 0 Å². The number of halogens is 2. The first-order chi connectivity index (χ1) is 8.10. The van der Waals surface area contributed by atoms with Gasteiger partial charge in [-0.1, -0.05) is 11.6 Å². The van der Waals surface area contributed by atoms with Crippen LogP contribution in [0.1, 0.15) is 23.2 Å². The quantitative estimate of drug-likeness (QED) is 0.930. The first kappa shape index (κ1) is 12.9. The smallest absolute Gasteiger partial charge is 0.251 e. The van der Waals surface area contributed by atoms with Crippen molar-refractivity contribution >= 4 is 33.4 Å². The Balaban J connectivity index is 1.94.